The van der Waals surface area contributed by atoms with E-state index < -0.39 is 0 Å². The van der Waals surface area contributed by atoms with E-state index in [2.05, 4.69) is 26.2 Å². The lowest BCUT2D eigenvalue weighted by molar-refractivity contribution is 0.102. The van der Waals surface area contributed by atoms with Crippen LogP contribution in [-0.4, -0.2) is 10.9 Å². The number of aromatic nitrogens is 1. The topological polar surface area (TPSA) is 42.0 Å². The Morgan fingerprint density at radius 1 is 1.17 bits per heavy atom. The Morgan fingerprint density at radius 3 is 2.61 bits per heavy atom. The Hall–Kier alpha value is -1.68. The second-order valence-electron chi connectivity index (χ2n) is 4.11. The van der Waals surface area contributed by atoms with Crippen LogP contribution in [0.15, 0.2) is 41.0 Å². The molecule has 1 aromatic carbocycles. The second-order valence-corrected chi connectivity index (χ2v) is 5.03. The third-order valence-corrected chi connectivity index (χ3v) is 3.23. The second kappa shape index (κ2) is 5.31. The highest BCUT2D eigenvalue weighted by molar-refractivity contribution is 9.10. The zero-order chi connectivity index (χ0) is 13.1. The molecule has 0 bridgehead atoms. The van der Waals surface area contributed by atoms with Crippen molar-refractivity contribution in [3.63, 3.8) is 0 Å². The summed E-state index contributed by atoms with van der Waals surface area (Å²) >= 11 is 3.34. The van der Waals surface area contributed by atoms with Gasteiger partial charge in [0.1, 0.15) is 5.82 Å². The van der Waals surface area contributed by atoms with Gasteiger partial charge in [-0.3, -0.25) is 4.79 Å². The summed E-state index contributed by atoms with van der Waals surface area (Å²) in [6, 6.07) is 9.21. The molecule has 0 aliphatic heterocycles. The smallest absolute Gasteiger partial charge is 0.256 e. The number of anilines is 1. The van der Waals surface area contributed by atoms with Crippen molar-refractivity contribution < 1.29 is 4.79 Å². The highest BCUT2D eigenvalue weighted by Crippen LogP contribution is 2.15. The van der Waals surface area contributed by atoms with E-state index in [9.17, 15) is 4.79 Å². The molecule has 3 nitrogen and oxygen atoms in total. The minimum Gasteiger partial charge on any atom is -0.307 e. The van der Waals surface area contributed by atoms with E-state index in [1.807, 2.05) is 38.1 Å². The number of nitrogens with zero attached hydrogens (tertiary/aromatic N) is 1. The van der Waals surface area contributed by atoms with Crippen LogP contribution in [0.25, 0.3) is 0 Å². The van der Waals surface area contributed by atoms with Crippen molar-refractivity contribution in [1.82, 2.24) is 4.98 Å². The lowest BCUT2D eigenvalue weighted by atomic mass is 10.1. The number of aryl methyl sites for hydroxylation is 2. The number of carbonyl (C=O) groups is 1. The monoisotopic (exact) mass is 304 g/mol. The molecule has 0 aliphatic carbocycles. The molecule has 18 heavy (non-hydrogen) atoms. The van der Waals surface area contributed by atoms with Crippen LogP contribution in [0.5, 0.6) is 0 Å². The first-order chi connectivity index (χ1) is 8.56. The lowest BCUT2D eigenvalue weighted by Gasteiger charge is -2.06. The maximum atomic E-state index is 12.0. The van der Waals surface area contributed by atoms with E-state index >= 15 is 0 Å². The molecule has 92 valence electrons. The third-order valence-electron chi connectivity index (χ3n) is 2.73. The van der Waals surface area contributed by atoms with Crippen molar-refractivity contribution in [2.24, 2.45) is 0 Å². The first-order valence-corrected chi connectivity index (χ1v) is 6.36. The molecule has 1 aromatic heterocycles. The Labute approximate surface area is 114 Å². The van der Waals surface area contributed by atoms with Gasteiger partial charge in [0.15, 0.2) is 0 Å². The molecule has 1 heterocycles. The molecule has 0 saturated heterocycles. The fraction of sp³-hybridized carbons (Fsp3) is 0.143. The summed E-state index contributed by atoms with van der Waals surface area (Å²) in [6.07, 6.45) is 1.64. The first-order valence-electron chi connectivity index (χ1n) is 5.56. The van der Waals surface area contributed by atoms with E-state index in [1.165, 1.54) is 5.56 Å². The number of hydrogen-bond donors (Lipinski definition) is 1. The van der Waals surface area contributed by atoms with Gasteiger partial charge in [-0.15, -0.1) is 0 Å². The molecule has 4 heteroatoms. The summed E-state index contributed by atoms with van der Waals surface area (Å²) in [5, 5.41) is 2.77. The van der Waals surface area contributed by atoms with Gasteiger partial charge in [-0.1, -0.05) is 22.0 Å². The Morgan fingerprint density at radius 2 is 1.94 bits per heavy atom. The van der Waals surface area contributed by atoms with Gasteiger partial charge >= 0.3 is 0 Å². The van der Waals surface area contributed by atoms with Crippen molar-refractivity contribution in [2.75, 3.05) is 5.32 Å². The molecule has 0 aliphatic rings. The van der Waals surface area contributed by atoms with Crippen molar-refractivity contribution in [1.29, 1.82) is 0 Å². The van der Waals surface area contributed by atoms with Crippen LogP contribution >= 0.6 is 15.9 Å². The molecule has 2 aromatic rings. The predicted octanol–water partition coefficient (Wildman–Crippen LogP) is 3.71. The van der Waals surface area contributed by atoms with Crippen molar-refractivity contribution >= 4 is 27.7 Å². The van der Waals surface area contributed by atoms with Gasteiger partial charge in [0.05, 0.1) is 0 Å². The van der Waals surface area contributed by atoms with Crippen molar-refractivity contribution in [3.05, 3.63) is 57.7 Å². The molecule has 0 atom stereocenters. The third kappa shape index (κ3) is 2.96. The van der Waals surface area contributed by atoms with Gasteiger partial charge in [0, 0.05) is 16.2 Å². The Kier molecular flexibility index (Phi) is 3.77. The molecule has 0 saturated carbocycles. The average molecular weight is 305 g/mol. The van der Waals surface area contributed by atoms with E-state index in [0.29, 0.717) is 11.4 Å². The van der Waals surface area contributed by atoms with E-state index in [4.69, 9.17) is 0 Å². The molecule has 0 radical (unpaired) electrons. The Balaban J connectivity index is 2.19. The maximum absolute atomic E-state index is 12.0. The van der Waals surface area contributed by atoms with Gasteiger partial charge in [-0.2, -0.15) is 0 Å². The standard InChI is InChI=1S/C14H13BrN2O/c1-9-3-4-11(7-10(9)2)14(18)17-13-8-12(15)5-6-16-13/h3-8H,1-2H3,(H,16,17,18). The van der Waals surface area contributed by atoms with Crippen LogP contribution in [0.4, 0.5) is 5.82 Å². The average Bonchev–Trinajstić information content (AvgIpc) is 2.32. The largest absolute Gasteiger partial charge is 0.307 e. The highest BCUT2D eigenvalue weighted by Gasteiger charge is 2.07. The summed E-state index contributed by atoms with van der Waals surface area (Å²) in [6.45, 7) is 4.01. The number of amides is 1. The van der Waals surface area contributed by atoms with E-state index in [1.54, 1.807) is 12.3 Å². The maximum Gasteiger partial charge on any atom is 0.256 e. The van der Waals surface area contributed by atoms with Gasteiger partial charge in [0.25, 0.3) is 5.91 Å². The van der Waals surface area contributed by atoms with E-state index in [-0.39, 0.29) is 5.91 Å². The zero-order valence-electron chi connectivity index (χ0n) is 10.2. The molecule has 2 rings (SSSR count). The van der Waals surface area contributed by atoms with Crippen LogP contribution in [0, 0.1) is 13.8 Å². The van der Waals surface area contributed by atoms with Gasteiger partial charge in [-0.05, 0) is 49.2 Å². The minimum atomic E-state index is -0.149. The minimum absolute atomic E-state index is 0.149. The predicted molar refractivity (Wildman–Crippen MR) is 75.8 cm³/mol. The number of hydrogen-bond acceptors (Lipinski definition) is 2. The van der Waals surface area contributed by atoms with Gasteiger partial charge in [-0.25, -0.2) is 4.98 Å². The van der Waals surface area contributed by atoms with Crippen LogP contribution < -0.4 is 5.32 Å². The highest BCUT2D eigenvalue weighted by atomic mass is 79.9. The molecular weight excluding hydrogens is 292 g/mol. The van der Waals surface area contributed by atoms with Crippen LogP contribution in [0.1, 0.15) is 21.5 Å². The SMILES string of the molecule is Cc1ccc(C(=O)Nc2cc(Br)ccn2)cc1C. The molecule has 0 fully saturated rings. The van der Waals surface area contributed by atoms with E-state index in [0.717, 1.165) is 10.0 Å². The van der Waals surface area contributed by atoms with Crippen molar-refractivity contribution in [3.8, 4) is 0 Å². The molecule has 0 unspecified atom stereocenters. The summed E-state index contributed by atoms with van der Waals surface area (Å²) < 4.78 is 0.882. The number of pyridine rings is 1. The molecular formula is C14H13BrN2O. The van der Waals surface area contributed by atoms with Crippen LogP contribution in [-0.2, 0) is 0 Å². The number of benzene rings is 1. The molecule has 0 spiro atoms. The summed E-state index contributed by atoms with van der Waals surface area (Å²) in [5.41, 5.74) is 2.91. The summed E-state index contributed by atoms with van der Waals surface area (Å²) in [7, 11) is 0. The molecule has 1 N–H and O–H groups in total. The van der Waals surface area contributed by atoms with Crippen LogP contribution in [0.3, 0.4) is 0 Å². The fourth-order valence-corrected chi connectivity index (χ4v) is 1.88. The Bertz CT molecular complexity index is 596. The lowest BCUT2D eigenvalue weighted by Crippen LogP contribution is -2.13. The van der Waals surface area contributed by atoms with Crippen molar-refractivity contribution in [2.45, 2.75) is 13.8 Å². The molecule has 1 amide bonds. The first kappa shape index (κ1) is 12.8. The number of rotatable bonds is 2. The fourth-order valence-electron chi connectivity index (χ4n) is 1.54. The van der Waals surface area contributed by atoms with Crippen LogP contribution in [0.2, 0.25) is 0 Å². The quantitative estimate of drug-likeness (QED) is 0.919. The number of halogens is 1. The van der Waals surface area contributed by atoms with Gasteiger partial charge < -0.3 is 5.32 Å². The summed E-state index contributed by atoms with van der Waals surface area (Å²) in [4.78, 5) is 16.1. The summed E-state index contributed by atoms with van der Waals surface area (Å²) in [5.74, 6) is 0.385. The van der Waals surface area contributed by atoms with Gasteiger partial charge in [0.2, 0.25) is 0 Å². The zero-order valence-corrected chi connectivity index (χ0v) is 11.8. The normalized spacial score (nSPS) is 10.2. The number of carbonyl (C=O) groups excluding carboxylic acids is 1. The number of nitrogens with one attached hydrogen (secondary N) is 1.